The van der Waals surface area contributed by atoms with Crippen molar-refractivity contribution in [1.29, 1.82) is 0 Å². The molecule has 0 amide bonds. The number of rotatable bonds is 6. The lowest BCUT2D eigenvalue weighted by Crippen LogP contribution is -2.37. The van der Waals surface area contributed by atoms with Crippen LogP contribution in [0, 0.1) is 5.92 Å². The highest BCUT2D eigenvalue weighted by molar-refractivity contribution is 5.82. The standard InChI is InChI=1S/C15H21NO3/c1-16-14-10-19-9-13(14)15(17)8-5-11-3-6-12(18-2)7-4-11/h3-4,6-7,13-14,16H,5,8-10H2,1-2H3. The van der Waals surface area contributed by atoms with Crippen LogP contribution >= 0.6 is 0 Å². The monoisotopic (exact) mass is 263 g/mol. The summed E-state index contributed by atoms with van der Waals surface area (Å²) in [5.74, 6) is 1.13. The smallest absolute Gasteiger partial charge is 0.140 e. The maximum Gasteiger partial charge on any atom is 0.140 e. The summed E-state index contributed by atoms with van der Waals surface area (Å²) < 4.78 is 10.5. The van der Waals surface area contributed by atoms with Crippen molar-refractivity contribution in [3.8, 4) is 5.75 Å². The summed E-state index contributed by atoms with van der Waals surface area (Å²) in [7, 11) is 3.53. The summed E-state index contributed by atoms with van der Waals surface area (Å²) in [6, 6.07) is 8.03. The van der Waals surface area contributed by atoms with Gasteiger partial charge >= 0.3 is 0 Å². The molecule has 104 valence electrons. The van der Waals surface area contributed by atoms with Gasteiger partial charge in [0.05, 0.1) is 26.2 Å². The van der Waals surface area contributed by atoms with Crippen LogP contribution in [0.1, 0.15) is 12.0 Å². The van der Waals surface area contributed by atoms with Crippen molar-refractivity contribution in [2.75, 3.05) is 27.4 Å². The zero-order chi connectivity index (χ0) is 13.7. The first-order chi connectivity index (χ1) is 9.24. The highest BCUT2D eigenvalue weighted by Gasteiger charge is 2.32. The fourth-order valence-electron chi connectivity index (χ4n) is 2.40. The zero-order valence-corrected chi connectivity index (χ0v) is 11.5. The van der Waals surface area contributed by atoms with Gasteiger partial charge in [-0.3, -0.25) is 4.79 Å². The third kappa shape index (κ3) is 3.55. The van der Waals surface area contributed by atoms with Crippen molar-refractivity contribution in [2.24, 2.45) is 5.92 Å². The fraction of sp³-hybridized carbons (Fsp3) is 0.533. The number of likely N-dealkylation sites (N-methyl/N-ethyl adjacent to an activating group) is 1. The van der Waals surface area contributed by atoms with Crippen molar-refractivity contribution in [3.63, 3.8) is 0 Å². The Balaban J connectivity index is 1.85. The Morgan fingerprint density at radius 1 is 1.37 bits per heavy atom. The third-order valence-corrected chi connectivity index (χ3v) is 3.68. The molecule has 0 aliphatic carbocycles. The van der Waals surface area contributed by atoms with E-state index in [2.05, 4.69) is 5.32 Å². The predicted octanol–water partition coefficient (Wildman–Crippen LogP) is 1.43. The number of hydrogen-bond donors (Lipinski definition) is 1. The van der Waals surface area contributed by atoms with Crippen molar-refractivity contribution < 1.29 is 14.3 Å². The molecule has 0 bridgehead atoms. The Bertz CT molecular complexity index is 416. The van der Waals surface area contributed by atoms with Gasteiger partial charge in [-0.1, -0.05) is 12.1 Å². The van der Waals surface area contributed by atoms with E-state index in [0.29, 0.717) is 19.6 Å². The van der Waals surface area contributed by atoms with Crippen LogP contribution < -0.4 is 10.1 Å². The molecular formula is C15H21NO3. The van der Waals surface area contributed by atoms with E-state index in [9.17, 15) is 4.79 Å². The van der Waals surface area contributed by atoms with Crippen LogP contribution in [0.25, 0.3) is 0 Å². The van der Waals surface area contributed by atoms with E-state index >= 15 is 0 Å². The molecule has 0 aromatic heterocycles. The second kappa shape index (κ2) is 6.68. The number of Topliss-reactive ketones (excluding diaryl/α,β-unsaturated/α-hetero) is 1. The molecule has 1 aliphatic rings. The van der Waals surface area contributed by atoms with Crippen LogP contribution in [-0.2, 0) is 16.0 Å². The SMILES string of the molecule is CNC1COCC1C(=O)CCc1ccc(OC)cc1. The molecule has 1 heterocycles. The van der Waals surface area contributed by atoms with E-state index in [1.165, 1.54) is 0 Å². The molecule has 0 spiro atoms. The molecule has 1 saturated heterocycles. The predicted molar refractivity (Wildman–Crippen MR) is 73.5 cm³/mol. The summed E-state index contributed by atoms with van der Waals surface area (Å²) in [5, 5.41) is 3.15. The van der Waals surface area contributed by atoms with Gasteiger partial charge in [-0.15, -0.1) is 0 Å². The summed E-state index contributed by atoms with van der Waals surface area (Å²) in [4.78, 5) is 12.2. The van der Waals surface area contributed by atoms with Crippen LogP contribution in [0.4, 0.5) is 0 Å². The van der Waals surface area contributed by atoms with Crippen LogP contribution in [0.5, 0.6) is 5.75 Å². The molecule has 4 nitrogen and oxygen atoms in total. The molecule has 2 atom stereocenters. The average molecular weight is 263 g/mol. The minimum absolute atomic E-state index is 0.00301. The number of nitrogens with one attached hydrogen (secondary N) is 1. The highest BCUT2D eigenvalue weighted by atomic mass is 16.5. The molecule has 0 radical (unpaired) electrons. The number of carbonyl (C=O) groups excluding carboxylic acids is 1. The highest BCUT2D eigenvalue weighted by Crippen LogP contribution is 2.18. The molecule has 1 fully saturated rings. The molecule has 1 aliphatic heterocycles. The number of ketones is 1. The molecule has 2 unspecified atom stereocenters. The Hall–Kier alpha value is -1.39. The summed E-state index contributed by atoms with van der Waals surface area (Å²) in [6.45, 7) is 1.18. The Labute approximate surface area is 114 Å². The topological polar surface area (TPSA) is 47.6 Å². The van der Waals surface area contributed by atoms with Gasteiger partial charge < -0.3 is 14.8 Å². The zero-order valence-electron chi connectivity index (χ0n) is 11.5. The molecule has 4 heteroatoms. The Morgan fingerprint density at radius 2 is 2.11 bits per heavy atom. The van der Waals surface area contributed by atoms with E-state index in [1.54, 1.807) is 7.11 Å². The molecule has 1 aromatic carbocycles. The lowest BCUT2D eigenvalue weighted by Gasteiger charge is -2.15. The lowest BCUT2D eigenvalue weighted by atomic mass is 9.94. The summed E-state index contributed by atoms with van der Waals surface area (Å²) >= 11 is 0. The Morgan fingerprint density at radius 3 is 2.74 bits per heavy atom. The van der Waals surface area contributed by atoms with Crippen molar-refractivity contribution in [2.45, 2.75) is 18.9 Å². The maximum absolute atomic E-state index is 12.2. The van der Waals surface area contributed by atoms with Gasteiger partial charge in [0.1, 0.15) is 11.5 Å². The van der Waals surface area contributed by atoms with Gasteiger partial charge in [0.15, 0.2) is 0 Å². The number of methoxy groups -OCH3 is 1. The van der Waals surface area contributed by atoms with E-state index in [0.717, 1.165) is 17.7 Å². The minimum Gasteiger partial charge on any atom is -0.497 e. The molecule has 0 saturated carbocycles. The first kappa shape index (κ1) is 14.0. The van der Waals surface area contributed by atoms with Gasteiger partial charge in [-0.05, 0) is 31.2 Å². The van der Waals surface area contributed by atoms with E-state index in [-0.39, 0.29) is 17.7 Å². The van der Waals surface area contributed by atoms with Crippen LogP contribution in [0.15, 0.2) is 24.3 Å². The van der Waals surface area contributed by atoms with Crippen molar-refractivity contribution >= 4 is 5.78 Å². The first-order valence-corrected chi connectivity index (χ1v) is 6.65. The second-order valence-corrected chi connectivity index (χ2v) is 4.85. The number of aryl methyl sites for hydroxylation is 1. The number of hydrogen-bond acceptors (Lipinski definition) is 4. The van der Waals surface area contributed by atoms with Crippen molar-refractivity contribution in [3.05, 3.63) is 29.8 Å². The normalized spacial score (nSPS) is 22.4. The molecule has 1 N–H and O–H groups in total. The fourth-order valence-corrected chi connectivity index (χ4v) is 2.40. The number of benzene rings is 1. The first-order valence-electron chi connectivity index (χ1n) is 6.65. The minimum atomic E-state index is 0.00301. The molecule has 1 aromatic rings. The van der Waals surface area contributed by atoms with Crippen molar-refractivity contribution in [1.82, 2.24) is 5.32 Å². The molecular weight excluding hydrogens is 242 g/mol. The van der Waals surface area contributed by atoms with E-state index in [1.807, 2.05) is 31.3 Å². The average Bonchev–Trinajstić information content (AvgIpc) is 2.93. The maximum atomic E-state index is 12.2. The molecule has 19 heavy (non-hydrogen) atoms. The quantitative estimate of drug-likeness (QED) is 0.843. The van der Waals surface area contributed by atoms with Crippen LogP contribution in [0.3, 0.4) is 0 Å². The van der Waals surface area contributed by atoms with Gasteiger partial charge in [0.2, 0.25) is 0 Å². The van der Waals surface area contributed by atoms with Gasteiger partial charge in [-0.25, -0.2) is 0 Å². The largest absolute Gasteiger partial charge is 0.497 e. The molecule has 2 rings (SSSR count). The van der Waals surface area contributed by atoms with Gasteiger partial charge in [0.25, 0.3) is 0 Å². The third-order valence-electron chi connectivity index (χ3n) is 3.68. The summed E-state index contributed by atoms with van der Waals surface area (Å²) in [5.41, 5.74) is 1.16. The van der Waals surface area contributed by atoms with Crippen LogP contribution in [0.2, 0.25) is 0 Å². The van der Waals surface area contributed by atoms with E-state index < -0.39 is 0 Å². The van der Waals surface area contributed by atoms with Crippen LogP contribution in [-0.4, -0.2) is 39.2 Å². The van der Waals surface area contributed by atoms with Gasteiger partial charge in [-0.2, -0.15) is 0 Å². The second-order valence-electron chi connectivity index (χ2n) is 4.85. The Kier molecular flexibility index (Phi) is 4.93. The summed E-state index contributed by atoms with van der Waals surface area (Å²) in [6.07, 6.45) is 1.34. The van der Waals surface area contributed by atoms with E-state index in [4.69, 9.17) is 9.47 Å². The van der Waals surface area contributed by atoms with Gasteiger partial charge in [0, 0.05) is 12.5 Å². The lowest BCUT2D eigenvalue weighted by molar-refractivity contribution is -0.123. The number of ether oxygens (including phenoxy) is 2. The number of carbonyl (C=O) groups is 1.